The minimum Gasteiger partial charge on any atom is -0.465 e. The topological polar surface area (TPSA) is 58.6 Å². The van der Waals surface area contributed by atoms with E-state index in [0.717, 1.165) is 11.5 Å². The standard InChI is InChI=1S/C19H21FN2O3/c1-11-5-7-17(24-11)15(22(3)4)10-21-19(23)18-12(2)14-9-13(20)6-8-16(14)25-18/h5-9,15H,10H2,1-4H3,(H,21,23)/t15-/m1/s1. The predicted molar refractivity (Wildman–Crippen MR) is 93.1 cm³/mol. The number of nitrogens with zero attached hydrogens (tertiary/aromatic N) is 1. The molecule has 0 bridgehead atoms. The van der Waals surface area contributed by atoms with Gasteiger partial charge in [-0.1, -0.05) is 0 Å². The van der Waals surface area contributed by atoms with Crippen LogP contribution in [0.2, 0.25) is 0 Å². The van der Waals surface area contributed by atoms with Crippen molar-refractivity contribution in [2.45, 2.75) is 19.9 Å². The first kappa shape index (κ1) is 17.2. The molecule has 0 spiro atoms. The number of benzene rings is 1. The molecule has 0 aliphatic heterocycles. The Morgan fingerprint density at radius 1 is 1.20 bits per heavy atom. The first-order valence-corrected chi connectivity index (χ1v) is 8.06. The normalized spacial score (nSPS) is 12.7. The number of carbonyl (C=O) groups excluding carboxylic acids is 1. The van der Waals surface area contributed by atoms with Crippen LogP contribution in [-0.2, 0) is 0 Å². The predicted octanol–water partition coefficient (Wildman–Crippen LogP) is 3.81. The molecule has 1 amide bonds. The molecule has 0 aliphatic carbocycles. The second-order valence-corrected chi connectivity index (χ2v) is 6.33. The highest BCUT2D eigenvalue weighted by Gasteiger charge is 2.22. The van der Waals surface area contributed by atoms with Crippen molar-refractivity contribution >= 4 is 16.9 Å². The van der Waals surface area contributed by atoms with Crippen molar-refractivity contribution < 1.29 is 18.0 Å². The van der Waals surface area contributed by atoms with Gasteiger partial charge in [0.05, 0.1) is 6.04 Å². The molecular weight excluding hydrogens is 323 g/mol. The van der Waals surface area contributed by atoms with E-state index in [-0.39, 0.29) is 23.5 Å². The van der Waals surface area contributed by atoms with Crippen molar-refractivity contribution in [1.29, 1.82) is 0 Å². The fourth-order valence-electron chi connectivity index (χ4n) is 2.85. The van der Waals surface area contributed by atoms with E-state index in [2.05, 4.69) is 5.32 Å². The molecular formula is C19H21FN2O3. The molecule has 1 N–H and O–H groups in total. The third kappa shape index (κ3) is 3.44. The third-order valence-corrected chi connectivity index (χ3v) is 4.27. The van der Waals surface area contributed by atoms with Gasteiger partial charge in [-0.05, 0) is 58.3 Å². The summed E-state index contributed by atoms with van der Waals surface area (Å²) in [6, 6.07) is 7.92. The van der Waals surface area contributed by atoms with E-state index in [9.17, 15) is 9.18 Å². The monoisotopic (exact) mass is 344 g/mol. The molecule has 0 radical (unpaired) electrons. The zero-order valence-electron chi connectivity index (χ0n) is 14.7. The van der Waals surface area contributed by atoms with Crippen LogP contribution in [0.3, 0.4) is 0 Å². The highest BCUT2D eigenvalue weighted by molar-refractivity contribution is 5.98. The summed E-state index contributed by atoms with van der Waals surface area (Å²) in [5.41, 5.74) is 1.12. The minimum absolute atomic E-state index is 0.0974. The molecule has 0 saturated heterocycles. The van der Waals surface area contributed by atoms with E-state index in [1.807, 2.05) is 38.1 Å². The second-order valence-electron chi connectivity index (χ2n) is 6.33. The van der Waals surface area contributed by atoms with Crippen LogP contribution in [0.25, 0.3) is 11.0 Å². The summed E-state index contributed by atoms with van der Waals surface area (Å²) in [5.74, 6) is 1.12. The molecule has 25 heavy (non-hydrogen) atoms. The number of hydrogen-bond donors (Lipinski definition) is 1. The number of hydrogen-bond acceptors (Lipinski definition) is 4. The minimum atomic E-state index is -0.357. The summed E-state index contributed by atoms with van der Waals surface area (Å²) in [6.07, 6.45) is 0. The van der Waals surface area contributed by atoms with Gasteiger partial charge in [-0.2, -0.15) is 0 Å². The lowest BCUT2D eigenvalue weighted by molar-refractivity contribution is 0.0912. The van der Waals surface area contributed by atoms with Gasteiger partial charge in [0.15, 0.2) is 5.76 Å². The van der Waals surface area contributed by atoms with Crippen LogP contribution in [0, 0.1) is 19.7 Å². The molecule has 1 aromatic carbocycles. The fraction of sp³-hybridized carbons (Fsp3) is 0.316. The average Bonchev–Trinajstić information content (AvgIpc) is 3.11. The number of likely N-dealkylation sites (N-methyl/N-ethyl adjacent to an activating group) is 1. The number of rotatable bonds is 5. The Morgan fingerprint density at radius 3 is 2.60 bits per heavy atom. The number of halogens is 1. The Hall–Kier alpha value is -2.60. The lowest BCUT2D eigenvalue weighted by Gasteiger charge is -2.22. The molecule has 6 heteroatoms. The lowest BCUT2D eigenvalue weighted by atomic mass is 10.1. The van der Waals surface area contributed by atoms with Crippen molar-refractivity contribution in [3.63, 3.8) is 0 Å². The Balaban J connectivity index is 1.78. The van der Waals surface area contributed by atoms with E-state index in [1.165, 1.54) is 18.2 Å². The van der Waals surface area contributed by atoms with Crippen LogP contribution in [0.4, 0.5) is 4.39 Å². The summed E-state index contributed by atoms with van der Waals surface area (Å²) < 4.78 is 24.7. The van der Waals surface area contributed by atoms with Crippen molar-refractivity contribution in [2.24, 2.45) is 0 Å². The largest absolute Gasteiger partial charge is 0.465 e. The van der Waals surface area contributed by atoms with Crippen LogP contribution in [-0.4, -0.2) is 31.4 Å². The molecule has 0 saturated carbocycles. The lowest BCUT2D eigenvalue weighted by Crippen LogP contribution is -2.34. The van der Waals surface area contributed by atoms with E-state index in [0.29, 0.717) is 23.1 Å². The van der Waals surface area contributed by atoms with Crippen LogP contribution < -0.4 is 5.32 Å². The maximum Gasteiger partial charge on any atom is 0.287 e. The Bertz CT molecular complexity index is 911. The molecule has 1 atom stereocenters. The smallest absolute Gasteiger partial charge is 0.287 e. The zero-order chi connectivity index (χ0) is 18.1. The van der Waals surface area contributed by atoms with E-state index >= 15 is 0 Å². The van der Waals surface area contributed by atoms with Crippen molar-refractivity contribution in [2.75, 3.05) is 20.6 Å². The molecule has 2 aromatic heterocycles. The van der Waals surface area contributed by atoms with Crippen molar-refractivity contribution in [1.82, 2.24) is 10.2 Å². The summed E-state index contributed by atoms with van der Waals surface area (Å²) in [7, 11) is 3.84. The number of aryl methyl sites for hydroxylation is 2. The number of amides is 1. The third-order valence-electron chi connectivity index (χ3n) is 4.27. The average molecular weight is 344 g/mol. The van der Waals surface area contributed by atoms with Crippen LogP contribution in [0.1, 0.15) is 33.7 Å². The van der Waals surface area contributed by atoms with Crippen LogP contribution in [0.15, 0.2) is 39.2 Å². The van der Waals surface area contributed by atoms with E-state index in [4.69, 9.17) is 8.83 Å². The SMILES string of the molecule is Cc1ccc([C@@H](CNC(=O)c2oc3ccc(F)cc3c2C)N(C)C)o1. The first-order valence-electron chi connectivity index (χ1n) is 8.06. The summed E-state index contributed by atoms with van der Waals surface area (Å²) >= 11 is 0. The second kappa shape index (κ2) is 6.72. The summed E-state index contributed by atoms with van der Waals surface area (Å²) in [5, 5.41) is 3.48. The summed E-state index contributed by atoms with van der Waals surface area (Å²) in [4.78, 5) is 14.5. The fourth-order valence-corrected chi connectivity index (χ4v) is 2.85. The van der Waals surface area contributed by atoms with E-state index in [1.54, 1.807) is 6.92 Å². The maximum absolute atomic E-state index is 13.4. The molecule has 5 nitrogen and oxygen atoms in total. The number of nitrogens with one attached hydrogen (secondary N) is 1. The van der Waals surface area contributed by atoms with Gasteiger partial charge in [0.2, 0.25) is 0 Å². The van der Waals surface area contributed by atoms with Gasteiger partial charge in [0.1, 0.15) is 22.9 Å². The Kier molecular flexibility index (Phi) is 4.63. The number of fused-ring (bicyclic) bond motifs is 1. The first-order chi connectivity index (χ1) is 11.9. The molecule has 3 aromatic rings. The maximum atomic E-state index is 13.4. The van der Waals surface area contributed by atoms with Gasteiger partial charge in [0.25, 0.3) is 5.91 Å². The van der Waals surface area contributed by atoms with Gasteiger partial charge in [-0.25, -0.2) is 4.39 Å². The molecule has 3 rings (SSSR count). The highest BCUT2D eigenvalue weighted by atomic mass is 19.1. The van der Waals surface area contributed by atoms with Crippen molar-refractivity contribution in [3.05, 3.63) is 59.0 Å². The highest BCUT2D eigenvalue weighted by Crippen LogP contribution is 2.26. The summed E-state index contributed by atoms with van der Waals surface area (Å²) in [6.45, 7) is 3.99. The molecule has 2 heterocycles. The number of carbonyl (C=O) groups is 1. The van der Waals surface area contributed by atoms with Gasteiger partial charge in [-0.3, -0.25) is 9.69 Å². The van der Waals surface area contributed by atoms with Crippen LogP contribution >= 0.6 is 0 Å². The Morgan fingerprint density at radius 2 is 1.96 bits per heavy atom. The molecule has 0 aliphatic rings. The van der Waals surface area contributed by atoms with Gasteiger partial charge >= 0.3 is 0 Å². The molecule has 0 fully saturated rings. The number of furan rings is 2. The quantitative estimate of drug-likeness (QED) is 0.764. The van der Waals surface area contributed by atoms with Gasteiger partial charge in [0, 0.05) is 17.5 Å². The Labute approximate surface area is 145 Å². The zero-order valence-corrected chi connectivity index (χ0v) is 14.7. The molecule has 132 valence electrons. The van der Waals surface area contributed by atoms with Gasteiger partial charge < -0.3 is 14.2 Å². The van der Waals surface area contributed by atoms with Crippen LogP contribution in [0.5, 0.6) is 0 Å². The van der Waals surface area contributed by atoms with E-state index < -0.39 is 0 Å². The van der Waals surface area contributed by atoms with Crippen molar-refractivity contribution in [3.8, 4) is 0 Å². The molecule has 0 unspecified atom stereocenters. The van der Waals surface area contributed by atoms with Gasteiger partial charge in [-0.15, -0.1) is 0 Å².